The number of hydrogen-bond donors (Lipinski definition) is 0. The molecule has 1 heterocycles. The van der Waals surface area contributed by atoms with E-state index in [9.17, 15) is 4.79 Å². The van der Waals surface area contributed by atoms with E-state index < -0.39 is 0 Å². The molecule has 24 heavy (non-hydrogen) atoms. The molecule has 0 radical (unpaired) electrons. The summed E-state index contributed by atoms with van der Waals surface area (Å²) in [6, 6.07) is 8.65. The molecule has 0 aliphatic carbocycles. The van der Waals surface area contributed by atoms with E-state index in [1.165, 1.54) is 5.56 Å². The lowest BCUT2D eigenvalue weighted by Crippen LogP contribution is -2.50. The molecule has 1 aromatic rings. The van der Waals surface area contributed by atoms with Crippen molar-refractivity contribution < 1.29 is 9.53 Å². The lowest BCUT2D eigenvalue weighted by molar-refractivity contribution is -0.132. The number of rotatable bonds is 7. The maximum absolute atomic E-state index is 12.2. The number of nitrogens with zero attached hydrogens (tertiary/aromatic N) is 3. The van der Waals surface area contributed by atoms with Gasteiger partial charge in [-0.3, -0.25) is 14.6 Å². The predicted octanol–water partition coefficient (Wildman–Crippen LogP) is 2.24. The van der Waals surface area contributed by atoms with Crippen molar-refractivity contribution in [3.05, 3.63) is 29.8 Å². The van der Waals surface area contributed by atoms with Crippen molar-refractivity contribution in [2.45, 2.75) is 26.8 Å². The van der Waals surface area contributed by atoms with Gasteiger partial charge in [-0.05, 0) is 38.5 Å². The Morgan fingerprint density at radius 3 is 2.46 bits per heavy atom. The number of piperazine rings is 1. The van der Waals surface area contributed by atoms with E-state index >= 15 is 0 Å². The first kappa shape index (κ1) is 18.7. The number of likely N-dealkylation sites (N-methyl/N-ethyl adjacent to an activating group) is 1. The average Bonchev–Trinajstić information content (AvgIpc) is 2.63. The van der Waals surface area contributed by atoms with Crippen molar-refractivity contribution in [3.63, 3.8) is 0 Å². The Morgan fingerprint density at radius 2 is 1.88 bits per heavy atom. The Balaban J connectivity index is 1.86. The molecule has 5 heteroatoms. The molecule has 0 bridgehead atoms. The molecule has 0 N–H and O–H groups in total. The van der Waals surface area contributed by atoms with E-state index in [1.54, 1.807) is 7.11 Å². The third-order valence-corrected chi connectivity index (χ3v) is 5.01. The van der Waals surface area contributed by atoms with E-state index in [4.69, 9.17) is 4.74 Å². The highest BCUT2D eigenvalue weighted by molar-refractivity contribution is 5.78. The van der Waals surface area contributed by atoms with Gasteiger partial charge in [0.15, 0.2) is 0 Å². The molecular formula is C19H31N3O2. The van der Waals surface area contributed by atoms with Crippen LogP contribution in [-0.4, -0.2) is 73.5 Å². The zero-order chi connectivity index (χ0) is 17.5. The summed E-state index contributed by atoms with van der Waals surface area (Å²) in [4.78, 5) is 18.9. The Hall–Kier alpha value is -1.59. The van der Waals surface area contributed by atoms with Crippen LogP contribution in [0.1, 0.15) is 32.4 Å². The van der Waals surface area contributed by atoms with Gasteiger partial charge in [0.25, 0.3) is 0 Å². The fourth-order valence-electron chi connectivity index (χ4n) is 3.29. The van der Waals surface area contributed by atoms with Crippen LogP contribution in [-0.2, 0) is 4.79 Å². The second-order valence-corrected chi connectivity index (χ2v) is 6.33. The SMILES string of the molecule is CCN(CC)C(=O)CN1CCN(C(C)c2cccc(OC)c2)CC1. The summed E-state index contributed by atoms with van der Waals surface area (Å²) in [5.41, 5.74) is 1.28. The lowest BCUT2D eigenvalue weighted by Gasteiger charge is -2.38. The Bertz CT molecular complexity index is 523. The summed E-state index contributed by atoms with van der Waals surface area (Å²) in [7, 11) is 1.70. The molecule has 1 saturated heterocycles. The van der Waals surface area contributed by atoms with Crippen LogP contribution < -0.4 is 4.74 Å². The van der Waals surface area contributed by atoms with E-state index in [1.807, 2.05) is 30.9 Å². The lowest BCUT2D eigenvalue weighted by atomic mass is 10.1. The van der Waals surface area contributed by atoms with Crippen molar-refractivity contribution >= 4 is 5.91 Å². The molecule has 5 nitrogen and oxygen atoms in total. The number of carbonyl (C=O) groups is 1. The summed E-state index contributed by atoms with van der Waals surface area (Å²) in [6.07, 6.45) is 0. The monoisotopic (exact) mass is 333 g/mol. The van der Waals surface area contributed by atoms with Gasteiger partial charge in [0.05, 0.1) is 13.7 Å². The molecule has 134 valence electrons. The molecule has 1 amide bonds. The van der Waals surface area contributed by atoms with Crippen LogP contribution in [0.5, 0.6) is 5.75 Å². The number of methoxy groups -OCH3 is 1. The van der Waals surface area contributed by atoms with Crippen molar-refractivity contribution in [3.8, 4) is 5.75 Å². The van der Waals surface area contributed by atoms with Crippen molar-refractivity contribution in [1.82, 2.24) is 14.7 Å². The first-order valence-corrected chi connectivity index (χ1v) is 8.97. The second-order valence-electron chi connectivity index (χ2n) is 6.33. The van der Waals surface area contributed by atoms with Crippen LogP contribution in [0.15, 0.2) is 24.3 Å². The normalized spacial score (nSPS) is 17.5. The summed E-state index contributed by atoms with van der Waals surface area (Å²) >= 11 is 0. The van der Waals surface area contributed by atoms with Crippen LogP contribution in [0.4, 0.5) is 0 Å². The van der Waals surface area contributed by atoms with E-state index in [0.29, 0.717) is 12.6 Å². The fourth-order valence-corrected chi connectivity index (χ4v) is 3.29. The van der Waals surface area contributed by atoms with Gasteiger partial charge in [0.2, 0.25) is 5.91 Å². The van der Waals surface area contributed by atoms with Crippen LogP contribution in [0.25, 0.3) is 0 Å². The molecule has 1 unspecified atom stereocenters. The molecule has 0 aromatic heterocycles. The van der Waals surface area contributed by atoms with Gasteiger partial charge < -0.3 is 9.64 Å². The summed E-state index contributed by atoms with van der Waals surface area (Å²) in [6.45, 7) is 12.3. The molecule has 1 fully saturated rings. The number of benzene rings is 1. The molecule has 0 saturated carbocycles. The van der Waals surface area contributed by atoms with Gasteiger partial charge in [-0.25, -0.2) is 0 Å². The molecule has 1 aromatic carbocycles. The highest BCUT2D eigenvalue weighted by atomic mass is 16.5. The fraction of sp³-hybridized carbons (Fsp3) is 0.632. The molecule has 1 atom stereocenters. The molecule has 2 rings (SSSR count). The average molecular weight is 333 g/mol. The Kier molecular flexibility index (Phi) is 7.06. The van der Waals surface area contributed by atoms with Crippen molar-refractivity contribution in [1.29, 1.82) is 0 Å². The standard InChI is InChI=1S/C19H31N3O2/c1-5-21(6-2)19(23)15-20-10-12-22(13-11-20)16(3)17-8-7-9-18(14-17)24-4/h7-9,14,16H,5-6,10-13,15H2,1-4H3. The second kappa shape index (κ2) is 9.04. The minimum atomic E-state index is 0.245. The summed E-state index contributed by atoms with van der Waals surface area (Å²) < 4.78 is 5.33. The van der Waals surface area contributed by atoms with Gasteiger partial charge >= 0.3 is 0 Å². The van der Waals surface area contributed by atoms with E-state index in [2.05, 4.69) is 28.9 Å². The number of amides is 1. The highest BCUT2D eigenvalue weighted by Gasteiger charge is 2.24. The first-order valence-electron chi connectivity index (χ1n) is 8.97. The van der Waals surface area contributed by atoms with Crippen LogP contribution in [0.2, 0.25) is 0 Å². The third kappa shape index (κ3) is 4.71. The predicted molar refractivity (Wildman–Crippen MR) is 97.4 cm³/mol. The molecule has 0 spiro atoms. The third-order valence-electron chi connectivity index (χ3n) is 5.01. The summed E-state index contributed by atoms with van der Waals surface area (Å²) in [5.74, 6) is 1.15. The summed E-state index contributed by atoms with van der Waals surface area (Å²) in [5, 5.41) is 0. The van der Waals surface area contributed by atoms with Gasteiger partial charge in [-0.2, -0.15) is 0 Å². The van der Waals surface area contributed by atoms with Crippen LogP contribution in [0.3, 0.4) is 0 Å². The van der Waals surface area contributed by atoms with E-state index in [-0.39, 0.29) is 5.91 Å². The maximum Gasteiger partial charge on any atom is 0.236 e. The highest BCUT2D eigenvalue weighted by Crippen LogP contribution is 2.24. The minimum absolute atomic E-state index is 0.245. The first-order chi connectivity index (χ1) is 11.6. The number of carbonyl (C=O) groups excluding carboxylic acids is 1. The number of hydrogen-bond acceptors (Lipinski definition) is 4. The number of ether oxygens (including phenoxy) is 1. The maximum atomic E-state index is 12.2. The zero-order valence-corrected chi connectivity index (χ0v) is 15.5. The van der Waals surface area contributed by atoms with Gasteiger partial charge in [0.1, 0.15) is 5.75 Å². The van der Waals surface area contributed by atoms with E-state index in [0.717, 1.165) is 45.0 Å². The van der Waals surface area contributed by atoms with Crippen LogP contribution >= 0.6 is 0 Å². The minimum Gasteiger partial charge on any atom is -0.497 e. The van der Waals surface area contributed by atoms with Gasteiger partial charge in [0, 0.05) is 45.3 Å². The van der Waals surface area contributed by atoms with Crippen molar-refractivity contribution in [2.75, 3.05) is 52.9 Å². The Labute approximate surface area is 146 Å². The topological polar surface area (TPSA) is 36.0 Å². The molecular weight excluding hydrogens is 302 g/mol. The van der Waals surface area contributed by atoms with Crippen LogP contribution in [0, 0.1) is 0 Å². The van der Waals surface area contributed by atoms with Crippen molar-refractivity contribution in [2.24, 2.45) is 0 Å². The molecule has 1 aliphatic heterocycles. The quantitative estimate of drug-likeness (QED) is 0.767. The largest absolute Gasteiger partial charge is 0.497 e. The van der Waals surface area contributed by atoms with Gasteiger partial charge in [-0.15, -0.1) is 0 Å². The zero-order valence-electron chi connectivity index (χ0n) is 15.5. The Morgan fingerprint density at radius 1 is 1.21 bits per heavy atom. The molecule has 1 aliphatic rings. The van der Waals surface area contributed by atoms with Gasteiger partial charge in [-0.1, -0.05) is 12.1 Å². The smallest absolute Gasteiger partial charge is 0.236 e.